The summed E-state index contributed by atoms with van der Waals surface area (Å²) in [6.07, 6.45) is -4.82. The fourth-order valence-corrected chi connectivity index (χ4v) is 4.27. The first-order chi connectivity index (χ1) is 13.9. The van der Waals surface area contributed by atoms with Gasteiger partial charge < -0.3 is 9.47 Å². The molecule has 6 nitrogen and oxygen atoms in total. The molecule has 0 saturated heterocycles. The number of carbonyl (C=O) groups is 1. The van der Waals surface area contributed by atoms with E-state index < -0.39 is 34.8 Å². The smallest absolute Gasteiger partial charge is 0.435 e. The van der Waals surface area contributed by atoms with Gasteiger partial charge in [-0.05, 0) is 48.4 Å². The van der Waals surface area contributed by atoms with Gasteiger partial charge in [0.25, 0.3) is 0 Å². The van der Waals surface area contributed by atoms with E-state index in [1.165, 1.54) is 12.1 Å². The van der Waals surface area contributed by atoms with Crippen LogP contribution in [0.5, 0.6) is 11.5 Å². The fraction of sp³-hybridized carbons (Fsp3) is 0.278. The summed E-state index contributed by atoms with van der Waals surface area (Å²) in [7, 11) is -4.16. The first kappa shape index (κ1) is 22.0. The zero-order chi connectivity index (χ0) is 22.1. The highest BCUT2D eigenvalue weighted by Gasteiger charge is 2.32. The molecule has 0 saturated carbocycles. The minimum absolute atomic E-state index is 0.0311. The predicted octanol–water partition coefficient (Wildman–Crippen LogP) is 4.18. The summed E-state index contributed by atoms with van der Waals surface area (Å²) in [4.78, 5) is 11.8. The first-order valence-corrected chi connectivity index (χ1v) is 9.93. The second-order valence-corrected chi connectivity index (χ2v) is 8.00. The number of Topliss-reactive ketones (excluding diaryl/α,β-unsaturated/α-hetero) is 1. The molecule has 0 amide bonds. The average Bonchev–Trinajstić information content (AvgIpc) is 2.63. The van der Waals surface area contributed by atoms with Crippen LogP contribution in [0, 0.1) is 0 Å². The van der Waals surface area contributed by atoms with Crippen molar-refractivity contribution in [1.82, 2.24) is 4.72 Å². The van der Waals surface area contributed by atoms with Gasteiger partial charge in [-0.1, -0.05) is 6.07 Å². The number of carbonyl (C=O) groups excluding carboxylic acids is 1. The van der Waals surface area contributed by atoms with Crippen molar-refractivity contribution in [3.63, 3.8) is 0 Å². The summed E-state index contributed by atoms with van der Waals surface area (Å²) in [6, 6.07) is 6.38. The van der Waals surface area contributed by atoms with Crippen LogP contribution in [0.3, 0.4) is 0 Å². The van der Waals surface area contributed by atoms with Crippen LogP contribution in [-0.4, -0.2) is 27.2 Å². The number of ether oxygens (including phenoxy) is 2. The monoisotopic (exact) mass is 451 g/mol. The number of hydrogen-bond donors (Lipinski definition) is 1. The highest BCUT2D eigenvalue weighted by molar-refractivity contribution is 7.89. The van der Waals surface area contributed by atoms with E-state index in [1.807, 2.05) is 0 Å². The van der Waals surface area contributed by atoms with E-state index in [-0.39, 0.29) is 40.4 Å². The molecule has 3 rings (SSSR count). The van der Waals surface area contributed by atoms with Crippen molar-refractivity contribution in [2.45, 2.75) is 36.8 Å². The van der Waals surface area contributed by atoms with Crippen LogP contribution in [0.1, 0.15) is 34.8 Å². The molecule has 0 aromatic heterocycles. The van der Waals surface area contributed by atoms with Crippen LogP contribution in [0.25, 0.3) is 0 Å². The van der Waals surface area contributed by atoms with Crippen molar-refractivity contribution in [2.75, 3.05) is 0 Å². The van der Waals surface area contributed by atoms with Crippen molar-refractivity contribution < 1.29 is 44.6 Å². The molecular formula is C18H14F5NO5S. The average molecular weight is 451 g/mol. The molecule has 0 radical (unpaired) electrons. The molecule has 12 heteroatoms. The van der Waals surface area contributed by atoms with Crippen LogP contribution < -0.4 is 14.2 Å². The van der Waals surface area contributed by atoms with E-state index in [9.17, 15) is 35.2 Å². The Morgan fingerprint density at radius 2 is 1.67 bits per heavy atom. The number of fused-ring (bicyclic) bond motifs is 1. The maximum atomic E-state index is 12.6. The topological polar surface area (TPSA) is 81.7 Å². The number of benzene rings is 2. The molecule has 1 aliphatic rings. The molecule has 2 aromatic rings. The molecule has 1 aliphatic carbocycles. The highest BCUT2D eigenvalue weighted by atomic mass is 32.2. The molecule has 0 fully saturated rings. The minimum Gasteiger partial charge on any atom is -0.435 e. The summed E-state index contributed by atoms with van der Waals surface area (Å²) >= 11 is 0. The van der Waals surface area contributed by atoms with Gasteiger partial charge in [0.1, 0.15) is 11.5 Å². The number of hydrogen-bond acceptors (Lipinski definition) is 5. The van der Waals surface area contributed by atoms with Crippen molar-refractivity contribution in [3.8, 4) is 11.5 Å². The van der Waals surface area contributed by atoms with Crippen LogP contribution >= 0.6 is 0 Å². The third-order valence-corrected chi connectivity index (χ3v) is 5.74. The quantitative estimate of drug-likeness (QED) is 0.667. The van der Waals surface area contributed by atoms with E-state index in [2.05, 4.69) is 14.2 Å². The third-order valence-electron chi connectivity index (χ3n) is 4.25. The summed E-state index contributed by atoms with van der Waals surface area (Å²) in [5, 5.41) is 0. The molecule has 2 aromatic carbocycles. The van der Waals surface area contributed by atoms with Gasteiger partial charge in [-0.15, -0.1) is 13.2 Å². The molecule has 162 valence electrons. The molecule has 30 heavy (non-hydrogen) atoms. The lowest BCUT2D eigenvalue weighted by atomic mass is 9.87. The van der Waals surface area contributed by atoms with Crippen molar-refractivity contribution in [2.24, 2.45) is 0 Å². The molecule has 0 heterocycles. The Labute approximate surface area is 167 Å². The van der Waals surface area contributed by atoms with Crippen molar-refractivity contribution in [3.05, 3.63) is 53.6 Å². The Morgan fingerprint density at radius 1 is 1.03 bits per heavy atom. The number of nitrogens with one attached hydrogen (secondary N) is 1. The van der Waals surface area contributed by atoms with E-state index in [0.29, 0.717) is 0 Å². The van der Waals surface area contributed by atoms with Crippen molar-refractivity contribution in [1.29, 1.82) is 0 Å². The number of alkyl halides is 5. The molecule has 0 bridgehead atoms. The van der Waals surface area contributed by atoms with E-state index >= 15 is 0 Å². The summed E-state index contributed by atoms with van der Waals surface area (Å²) in [5.74, 6) is -1.17. The van der Waals surface area contributed by atoms with E-state index in [1.54, 1.807) is 0 Å². The SMILES string of the molecule is O=C1CCC(NS(=O)(=O)c2ccc(OC(F)(F)F)cc2)c2ccc(OC(F)F)cc21. The largest absolute Gasteiger partial charge is 0.573 e. The third kappa shape index (κ3) is 5.25. The molecule has 1 unspecified atom stereocenters. The normalized spacial score (nSPS) is 17.0. The second-order valence-electron chi connectivity index (χ2n) is 6.28. The Balaban J connectivity index is 1.82. The zero-order valence-electron chi connectivity index (χ0n) is 14.9. The first-order valence-electron chi connectivity index (χ1n) is 8.45. The van der Waals surface area contributed by atoms with Gasteiger partial charge in [0.05, 0.1) is 4.90 Å². The molecule has 1 N–H and O–H groups in total. The number of rotatable bonds is 6. The Morgan fingerprint density at radius 3 is 2.27 bits per heavy atom. The van der Waals surface area contributed by atoms with Crippen molar-refractivity contribution >= 4 is 15.8 Å². The van der Waals surface area contributed by atoms with E-state index in [0.717, 1.165) is 30.3 Å². The summed E-state index contributed by atoms with van der Waals surface area (Å²) in [6.45, 7) is -3.08. The lowest BCUT2D eigenvalue weighted by Gasteiger charge is -2.26. The predicted molar refractivity (Wildman–Crippen MR) is 92.8 cm³/mol. The lowest BCUT2D eigenvalue weighted by Crippen LogP contribution is -2.32. The standard InChI is InChI=1S/C18H14F5NO5S/c19-17(20)28-11-3-6-13-14(9-11)16(25)8-7-15(13)24-30(26,27)12-4-1-10(2-5-12)29-18(21,22)23/h1-6,9,15,17,24H,7-8H2. The maximum absolute atomic E-state index is 12.6. The van der Waals surface area contributed by atoms with Crippen LogP contribution in [0.4, 0.5) is 22.0 Å². The fourth-order valence-electron chi connectivity index (χ4n) is 3.02. The minimum atomic E-state index is -4.91. The van der Waals surface area contributed by atoms with Gasteiger partial charge in [-0.25, -0.2) is 13.1 Å². The Hall–Kier alpha value is -2.73. The lowest BCUT2D eigenvalue weighted by molar-refractivity contribution is -0.274. The second kappa shape index (κ2) is 8.19. The van der Waals surface area contributed by atoms with Gasteiger partial charge in [0.15, 0.2) is 5.78 Å². The molecular weight excluding hydrogens is 437 g/mol. The van der Waals surface area contributed by atoms with Crippen LogP contribution in [-0.2, 0) is 10.0 Å². The molecule has 1 atom stereocenters. The highest BCUT2D eigenvalue weighted by Crippen LogP contribution is 2.34. The number of ketones is 1. The zero-order valence-corrected chi connectivity index (χ0v) is 15.8. The molecule has 0 aliphatic heterocycles. The number of halogens is 5. The Kier molecular flexibility index (Phi) is 5.99. The van der Waals surface area contributed by atoms with Gasteiger partial charge in [-0.2, -0.15) is 8.78 Å². The van der Waals surface area contributed by atoms with Crippen LogP contribution in [0.15, 0.2) is 47.4 Å². The maximum Gasteiger partial charge on any atom is 0.573 e. The van der Waals surface area contributed by atoms with Gasteiger partial charge in [0, 0.05) is 18.0 Å². The Bertz CT molecular complexity index is 1040. The van der Waals surface area contributed by atoms with Crippen LogP contribution in [0.2, 0.25) is 0 Å². The van der Waals surface area contributed by atoms with E-state index in [4.69, 9.17) is 0 Å². The van der Waals surface area contributed by atoms with Gasteiger partial charge in [-0.3, -0.25) is 4.79 Å². The molecule has 0 spiro atoms. The van der Waals surface area contributed by atoms with Gasteiger partial charge in [0.2, 0.25) is 10.0 Å². The van der Waals surface area contributed by atoms with Gasteiger partial charge >= 0.3 is 13.0 Å². The summed E-state index contributed by atoms with van der Waals surface area (Å²) < 4.78 is 97.0. The number of sulfonamides is 1. The summed E-state index contributed by atoms with van der Waals surface area (Å²) in [5.41, 5.74) is 0.342.